The van der Waals surface area contributed by atoms with Crippen molar-refractivity contribution in [2.75, 3.05) is 10.9 Å². The van der Waals surface area contributed by atoms with Gasteiger partial charge >= 0.3 is 12.1 Å². The summed E-state index contributed by atoms with van der Waals surface area (Å²) in [5.41, 5.74) is 2.15. The summed E-state index contributed by atoms with van der Waals surface area (Å²) < 4.78 is 68.6. The number of nitrogens with zero attached hydrogens (tertiary/aromatic N) is 1. The molecule has 1 aliphatic rings. The SMILES string of the molecule is O=C(O)COc1cccc2c1CCCC2N(c1ccc(-c2cccc(C(F)(F)F)c2)cc1)S(=O)O. The van der Waals surface area contributed by atoms with Gasteiger partial charge in [-0.05, 0) is 71.8 Å². The number of alkyl halides is 3. The van der Waals surface area contributed by atoms with Crippen molar-refractivity contribution in [2.45, 2.75) is 31.5 Å². The molecule has 6 nitrogen and oxygen atoms in total. The third-order valence-electron chi connectivity index (χ3n) is 5.88. The van der Waals surface area contributed by atoms with Gasteiger partial charge in [0.25, 0.3) is 11.3 Å². The van der Waals surface area contributed by atoms with Crippen LogP contribution in [0.4, 0.5) is 18.9 Å². The molecule has 0 aromatic heterocycles. The molecule has 1 aliphatic carbocycles. The molecule has 184 valence electrons. The van der Waals surface area contributed by atoms with Crippen LogP contribution in [0, 0.1) is 0 Å². The van der Waals surface area contributed by atoms with E-state index in [0.29, 0.717) is 41.8 Å². The Kier molecular flexibility index (Phi) is 7.13. The summed E-state index contributed by atoms with van der Waals surface area (Å²) in [6.45, 7) is -0.492. The van der Waals surface area contributed by atoms with Crippen LogP contribution in [0.5, 0.6) is 5.75 Å². The van der Waals surface area contributed by atoms with Crippen LogP contribution in [0.2, 0.25) is 0 Å². The van der Waals surface area contributed by atoms with Crippen molar-refractivity contribution in [1.82, 2.24) is 0 Å². The second-order valence-corrected chi connectivity index (χ2v) is 8.95. The van der Waals surface area contributed by atoms with Crippen LogP contribution >= 0.6 is 0 Å². The quantitative estimate of drug-likeness (QED) is 0.393. The lowest BCUT2D eigenvalue weighted by molar-refractivity contribution is -0.139. The number of aliphatic carboxylic acids is 1. The minimum atomic E-state index is -4.46. The van der Waals surface area contributed by atoms with Crippen molar-refractivity contribution in [1.29, 1.82) is 0 Å². The molecule has 3 aromatic carbocycles. The van der Waals surface area contributed by atoms with Crippen LogP contribution in [0.25, 0.3) is 11.1 Å². The zero-order valence-electron chi connectivity index (χ0n) is 18.4. The van der Waals surface area contributed by atoms with Gasteiger partial charge < -0.3 is 9.84 Å². The third kappa shape index (κ3) is 5.49. The first-order valence-electron chi connectivity index (χ1n) is 10.8. The van der Waals surface area contributed by atoms with Crippen LogP contribution in [-0.4, -0.2) is 26.4 Å². The van der Waals surface area contributed by atoms with Crippen molar-refractivity contribution in [3.63, 3.8) is 0 Å². The molecule has 0 heterocycles. The van der Waals surface area contributed by atoms with Crippen molar-refractivity contribution in [2.24, 2.45) is 0 Å². The average molecular weight is 506 g/mol. The van der Waals surface area contributed by atoms with E-state index in [2.05, 4.69) is 0 Å². The Hall–Kier alpha value is -3.37. The van der Waals surface area contributed by atoms with Crippen molar-refractivity contribution in [3.05, 3.63) is 83.4 Å². The summed E-state index contributed by atoms with van der Waals surface area (Å²) in [6, 6.07) is 16.1. The van der Waals surface area contributed by atoms with Crippen LogP contribution < -0.4 is 9.04 Å². The van der Waals surface area contributed by atoms with E-state index in [1.807, 2.05) is 6.07 Å². The van der Waals surface area contributed by atoms with Crippen LogP contribution in [-0.2, 0) is 28.7 Å². The fourth-order valence-electron chi connectivity index (χ4n) is 4.36. The van der Waals surface area contributed by atoms with Gasteiger partial charge in [0.1, 0.15) is 5.75 Å². The second-order valence-electron chi connectivity index (χ2n) is 8.10. The maximum absolute atomic E-state index is 13.1. The Bertz CT molecular complexity index is 1250. The molecule has 4 rings (SSSR count). The van der Waals surface area contributed by atoms with E-state index in [1.165, 1.54) is 10.4 Å². The molecular formula is C25H22F3NO5S. The molecule has 0 saturated heterocycles. The van der Waals surface area contributed by atoms with E-state index >= 15 is 0 Å². The zero-order valence-corrected chi connectivity index (χ0v) is 19.2. The Morgan fingerprint density at radius 2 is 1.77 bits per heavy atom. The zero-order chi connectivity index (χ0) is 25.2. The van der Waals surface area contributed by atoms with Gasteiger partial charge in [0, 0.05) is 0 Å². The number of hydrogen-bond donors (Lipinski definition) is 2. The van der Waals surface area contributed by atoms with E-state index in [1.54, 1.807) is 42.5 Å². The molecule has 10 heteroatoms. The van der Waals surface area contributed by atoms with Gasteiger partial charge in [-0.25, -0.2) is 9.00 Å². The van der Waals surface area contributed by atoms with Gasteiger partial charge in [0.2, 0.25) is 0 Å². The number of rotatable bonds is 7. The van der Waals surface area contributed by atoms with E-state index in [-0.39, 0.29) is 0 Å². The van der Waals surface area contributed by atoms with Gasteiger partial charge in [0.15, 0.2) is 6.61 Å². The third-order valence-corrected chi connectivity index (χ3v) is 6.68. The molecule has 0 fully saturated rings. The standard InChI is InChI=1S/C25H22F3NO5S/c26-25(27,28)18-5-1-4-17(14-18)16-10-12-19(13-11-16)29(35(32)33)22-8-2-7-21-20(22)6-3-9-23(21)34-15-24(30)31/h1,3-6,9-14,22H,2,7-8,15H2,(H,30,31)(H,32,33). The molecule has 2 N–H and O–H groups in total. The number of carbonyl (C=O) groups is 1. The largest absolute Gasteiger partial charge is 0.482 e. The van der Waals surface area contributed by atoms with E-state index in [4.69, 9.17) is 9.84 Å². The monoisotopic (exact) mass is 505 g/mol. The Labute approximate surface area is 202 Å². The number of anilines is 1. The number of benzene rings is 3. The lowest BCUT2D eigenvalue weighted by atomic mass is 9.87. The van der Waals surface area contributed by atoms with Gasteiger partial charge in [-0.3, -0.25) is 8.86 Å². The predicted molar refractivity (Wildman–Crippen MR) is 125 cm³/mol. The fraction of sp³-hybridized carbons (Fsp3) is 0.240. The molecule has 0 bridgehead atoms. The minimum Gasteiger partial charge on any atom is -0.482 e. The average Bonchev–Trinajstić information content (AvgIpc) is 2.83. The molecule has 0 radical (unpaired) electrons. The van der Waals surface area contributed by atoms with Gasteiger partial charge in [0.05, 0.1) is 17.3 Å². The molecule has 35 heavy (non-hydrogen) atoms. The van der Waals surface area contributed by atoms with E-state index < -0.39 is 41.6 Å². The van der Waals surface area contributed by atoms with E-state index in [9.17, 15) is 26.7 Å². The molecule has 0 saturated carbocycles. The molecule has 2 atom stereocenters. The topological polar surface area (TPSA) is 87.1 Å². The lowest BCUT2D eigenvalue weighted by Crippen LogP contribution is -2.33. The van der Waals surface area contributed by atoms with E-state index in [0.717, 1.165) is 23.3 Å². The first-order chi connectivity index (χ1) is 16.6. The van der Waals surface area contributed by atoms with Gasteiger partial charge in [-0.2, -0.15) is 13.2 Å². The first kappa shape index (κ1) is 24.7. The number of fused-ring (bicyclic) bond motifs is 1. The molecule has 2 unspecified atom stereocenters. The summed E-state index contributed by atoms with van der Waals surface area (Å²) >= 11 is -2.39. The first-order valence-corrected chi connectivity index (χ1v) is 11.9. The molecule has 0 amide bonds. The summed E-state index contributed by atoms with van der Waals surface area (Å²) in [7, 11) is 0. The maximum Gasteiger partial charge on any atom is 0.416 e. The summed E-state index contributed by atoms with van der Waals surface area (Å²) in [4.78, 5) is 10.9. The highest BCUT2D eigenvalue weighted by Gasteiger charge is 2.32. The summed E-state index contributed by atoms with van der Waals surface area (Å²) in [5.74, 6) is -0.674. The van der Waals surface area contributed by atoms with Crippen LogP contribution in [0.1, 0.15) is 35.6 Å². The number of halogens is 3. The maximum atomic E-state index is 13.1. The Balaban J connectivity index is 1.66. The summed E-state index contributed by atoms with van der Waals surface area (Å²) in [6.07, 6.45) is -2.54. The van der Waals surface area contributed by atoms with Crippen molar-refractivity contribution in [3.8, 4) is 16.9 Å². The molecule has 0 spiro atoms. The normalized spacial score (nSPS) is 16.3. The highest BCUT2D eigenvalue weighted by molar-refractivity contribution is 7.80. The predicted octanol–water partition coefficient (Wildman–Crippen LogP) is 5.86. The summed E-state index contributed by atoms with van der Waals surface area (Å²) in [5, 5.41) is 8.94. The van der Waals surface area contributed by atoms with Crippen LogP contribution in [0.15, 0.2) is 66.7 Å². The number of ether oxygens (including phenoxy) is 1. The number of carboxylic acids is 1. The highest BCUT2D eigenvalue weighted by atomic mass is 32.2. The molecule has 0 aliphatic heterocycles. The van der Waals surface area contributed by atoms with Gasteiger partial charge in [-0.15, -0.1) is 0 Å². The highest BCUT2D eigenvalue weighted by Crippen LogP contribution is 2.41. The van der Waals surface area contributed by atoms with Crippen molar-refractivity contribution < 1.29 is 36.6 Å². The van der Waals surface area contributed by atoms with Crippen molar-refractivity contribution >= 4 is 22.9 Å². The molecule has 3 aromatic rings. The Morgan fingerprint density at radius 1 is 1.06 bits per heavy atom. The number of carboxylic acid groups (broad SMARTS) is 1. The minimum absolute atomic E-state index is 0.381. The smallest absolute Gasteiger partial charge is 0.416 e. The number of hydrogen-bond acceptors (Lipinski definition) is 3. The Morgan fingerprint density at radius 3 is 2.43 bits per heavy atom. The second kappa shape index (κ2) is 10.1. The fourth-order valence-corrected chi connectivity index (χ4v) is 5.10. The van der Waals surface area contributed by atoms with Crippen LogP contribution in [0.3, 0.4) is 0 Å². The lowest BCUT2D eigenvalue weighted by Gasteiger charge is -2.35. The molecular weight excluding hydrogens is 483 g/mol. The van der Waals surface area contributed by atoms with Gasteiger partial charge in [-0.1, -0.05) is 36.4 Å².